The number of benzene rings is 1. The van der Waals surface area contributed by atoms with Crippen molar-refractivity contribution in [1.29, 1.82) is 0 Å². The van der Waals surface area contributed by atoms with Gasteiger partial charge in [-0.3, -0.25) is 10.1 Å². The van der Waals surface area contributed by atoms with Crippen molar-refractivity contribution >= 4 is 39.7 Å². The summed E-state index contributed by atoms with van der Waals surface area (Å²) in [6.45, 7) is 3.14. The molecule has 0 atom stereocenters. The quantitative estimate of drug-likeness (QED) is 0.893. The third-order valence-electron chi connectivity index (χ3n) is 2.64. The Labute approximate surface area is 129 Å². The predicted octanol–water partition coefficient (Wildman–Crippen LogP) is 3.90. The van der Waals surface area contributed by atoms with Gasteiger partial charge in [0.2, 0.25) is 0 Å². The summed E-state index contributed by atoms with van der Waals surface area (Å²) < 4.78 is 26.9. The molecule has 0 saturated carbocycles. The number of nitrogens with one attached hydrogen (secondary N) is 2. The van der Waals surface area contributed by atoms with Crippen LogP contribution < -0.4 is 10.6 Å². The summed E-state index contributed by atoms with van der Waals surface area (Å²) in [6, 6.07) is 3.09. The maximum atomic E-state index is 13.6. The molecule has 2 aromatic rings. The summed E-state index contributed by atoms with van der Waals surface area (Å²) in [4.78, 5) is 16.1. The van der Waals surface area contributed by atoms with Crippen molar-refractivity contribution in [2.45, 2.75) is 19.4 Å². The lowest BCUT2D eigenvalue weighted by atomic mass is 10.0. The van der Waals surface area contributed by atoms with Crippen LogP contribution in [0.25, 0.3) is 0 Å². The smallest absolute Gasteiger partial charge is 0.251 e. The highest BCUT2D eigenvalue weighted by molar-refractivity contribution is 7.19. The van der Waals surface area contributed by atoms with Crippen LogP contribution in [0.1, 0.15) is 13.8 Å². The zero-order valence-corrected chi connectivity index (χ0v) is 12.8. The van der Waals surface area contributed by atoms with E-state index in [1.807, 2.05) is 0 Å². The standard InChI is InChI=1S/C13H12ClF2N3OS/c1-13(2,11(20)18-12-17-6-10(14)21-12)19-9-4-3-7(15)5-8(9)16/h3-6,19H,1-2H3,(H,17,18,20). The Hall–Kier alpha value is -1.73. The van der Waals surface area contributed by atoms with Gasteiger partial charge in [-0.1, -0.05) is 22.9 Å². The van der Waals surface area contributed by atoms with Crippen molar-refractivity contribution in [1.82, 2.24) is 4.98 Å². The summed E-state index contributed by atoms with van der Waals surface area (Å²) >= 11 is 6.84. The Bertz CT molecular complexity index is 675. The van der Waals surface area contributed by atoms with E-state index in [2.05, 4.69) is 15.6 Å². The third kappa shape index (κ3) is 3.89. The number of nitrogens with zero attached hydrogens (tertiary/aromatic N) is 1. The second-order valence-electron chi connectivity index (χ2n) is 4.80. The van der Waals surface area contributed by atoms with Gasteiger partial charge in [0.25, 0.3) is 5.91 Å². The Morgan fingerprint density at radius 2 is 2.10 bits per heavy atom. The van der Waals surface area contributed by atoms with E-state index < -0.39 is 23.1 Å². The highest BCUT2D eigenvalue weighted by Gasteiger charge is 2.29. The molecule has 2 rings (SSSR count). The maximum absolute atomic E-state index is 13.6. The number of anilines is 2. The molecular formula is C13H12ClF2N3OS. The van der Waals surface area contributed by atoms with Gasteiger partial charge in [0, 0.05) is 6.07 Å². The van der Waals surface area contributed by atoms with Gasteiger partial charge in [-0.2, -0.15) is 0 Å². The van der Waals surface area contributed by atoms with Crippen LogP contribution in [0, 0.1) is 11.6 Å². The lowest BCUT2D eigenvalue weighted by Crippen LogP contribution is -2.44. The monoisotopic (exact) mass is 331 g/mol. The van der Waals surface area contributed by atoms with E-state index in [0.717, 1.165) is 23.5 Å². The molecule has 1 heterocycles. The zero-order chi connectivity index (χ0) is 15.6. The normalized spacial score (nSPS) is 11.3. The number of aromatic nitrogens is 1. The summed E-state index contributed by atoms with van der Waals surface area (Å²) in [7, 11) is 0. The van der Waals surface area contributed by atoms with E-state index in [1.54, 1.807) is 13.8 Å². The molecule has 0 spiro atoms. The van der Waals surface area contributed by atoms with Crippen LogP contribution in [0.2, 0.25) is 4.34 Å². The zero-order valence-electron chi connectivity index (χ0n) is 11.2. The first-order valence-electron chi connectivity index (χ1n) is 5.94. The molecule has 8 heteroatoms. The minimum Gasteiger partial charge on any atom is -0.369 e. The van der Waals surface area contributed by atoms with Crippen molar-refractivity contribution in [2.24, 2.45) is 0 Å². The van der Waals surface area contributed by atoms with Crippen LogP contribution in [0.4, 0.5) is 19.6 Å². The van der Waals surface area contributed by atoms with Crippen LogP contribution >= 0.6 is 22.9 Å². The molecule has 0 aliphatic heterocycles. The molecule has 0 fully saturated rings. The highest BCUT2D eigenvalue weighted by Crippen LogP contribution is 2.25. The lowest BCUT2D eigenvalue weighted by molar-refractivity contribution is -0.119. The molecule has 1 aromatic carbocycles. The minimum absolute atomic E-state index is 0.0359. The fourth-order valence-electron chi connectivity index (χ4n) is 1.55. The van der Waals surface area contributed by atoms with Crippen LogP contribution in [-0.4, -0.2) is 16.4 Å². The first-order valence-corrected chi connectivity index (χ1v) is 7.13. The summed E-state index contributed by atoms with van der Waals surface area (Å²) in [5, 5.41) is 5.66. The van der Waals surface area contributed by atoms with E-state index in [9.17, 15) is 13.6 Å². The number of halogens is 3. The maximum Gasteiger partial charge on any atom is 0.251 e. The lowest BCUT2D eigenvalue weighted by Gasteiger charge is -2.26. The Balaban J connectivity index is 2.11. The van der Waals surface area contributed by atoms with Gasteiger partial charge in [0.05, 0.1) is 11.9 Å². The topological polar surface area (TPSA) is 54.0 Å². The summed E-state index contributed by atoms with van der Waals surface area (Å²) in [5.41, 5.74) is -1.09. The Morgan fingerprint density at radius 3 is 2.67 bits per heavy atom. The van der Waals surface area contributed by atoms with E-state index >= 15 is 0 Å². The second-order valence-corrected chi connectivity index (χ2v) is 6.46. The van der Waals surface area contributed by atoms with Gasteiger partial charge >= 0.3 is 0 Å². The molecule has 4 nitrogen and oxygen atoms in total. The first kappa shape index (κ1) is 15.7. The number of hydrogen-bond donors (Lipinski definition) is 2. The van der Waals surface area contributed by atoms with Crippen LogP contribution in [-0.2, 0) is 4.79 Å². The molecule has 0 aliphatic rings. The molecular weight excluding hydrogens is 320 g/mol. The molecule has 0 unspecified atom stereocenters. The SMILES string of the molecule is CC(C)(Nc1ccc(F)cc1F)C(=O)Nc1ncc(Cl)s1. The van der Waals surface area contributed by atoms with Gasteiger partial charge in [0.15, 0.2) is 5.13 Å². The Morgan fingerprint density at radius 1 is 1.38 bits per heavy atom. The van der Waals surface area contributed by atoms with Gasteiger partial charge in [-0.15, -0.1) is 0 Å². The van der Waals surface area contributed by atoms with Gasteiger partial charge in [-0.05, 0) is 26.0 Å². The molecule has 1 aromatic heterocycles. The third-order valence-corrected chi connectivity index (χ3v) is 3.67. The molecule has 0 radical (unpaired) electrons. The average molecular weight is 332 g/mol. The van der Waals surface area contributed by atoms with Crippen LogP contribution in [0.3, 0.4) is 0 Å². The van der Waals surface area contributed by atoms with Crippen molar-refractivity contribution in [3.63, 3.8) is 0 Å². The van der Waals surface area contributed by atoms with Crippen LogP contribution in [0.5, 0.6) is 0 Å². The summed E-state index contributed by atoms with van der Waals surface area (Å²) in [5.74, 6) is -1.87. The number of carbonyl (C=O) groups excluding carboxylic acids is 1. The average Bonchev–Trinajstić information content (AvgIpc) is 2.78. The molecule has 1 amide bonds. The van der Waals surface area contributed by atoms with Crippen molar-refractivity contribution in [2.75, 3.05) is 10.6 Å². The minimum atomic E-state index is -1.13. The van der Waals surface area contributed by atoms with E-state index in [0.29, 0.717) is 9.47 Å². The fraction of sp³-hybridized carbons (Fsp3) is 0.231. The molecule has 21 heavy (non-hydrogen) atoms. The molecule has 112 valence electrons. The fourth-order valence-corrected chi connectivity index (χ4v) is 2.36. The molecule has 0 saturated heterocycles. The first-order chi connectivity index (χ1) is 9.78. The number of thiazole rings is 1. The van der Waals surface area contributed by atoms with Crippen molar-refractivity contribution < 1.29 is 13.6 Å². The predicted molar refractivity (Wildman–Crippen MR) is 79.8 cm³/mol. The van der Waals surface area contributed by atoms with E-state index in [4.69, 9.17) is 11.6 Å². The molecule has 2 N–H and O–H groups in total. The van der Waals surface area contributed by atoms with E-state index in [1.165, 1.54) is 12.3 Å². The number of hydrogen-bond acceptors (Lipinski definition) is 4. The highest BCUT2D eigenvalue weighted by atomic mass is 35.5. The second kappa shape index (κ2) is 5.95. The molecule has 0 bridgehead atoms. The number of carbonyl (C=O) groups is 1. The Kier molecular flexibility index (Phi) is 4.43. The van der Waals surface area contributed by atoms with Crippen molar-refractivity contribution in [3.8, 4) is 0 Å². The number of amides is 1. The number of rotatable bonds is 4. The summed E-state index contributed by atoms with van der Waals surface area (Å²) in [6.07, 6.45) is 1.42. The van der Waals surface area contributed by atoms with Gasteiger partial charge in [0.1, 0.15) is 21.5 Å². The van der Waals surface area contributed by atoms with Gasteiger partial charge in [-0.25, -0.2) is 13.8 Å². The van der Waals surface area contributed by atoms with Crippen molar-refractivity contribution in [3.05, 3.63) is 40.4 Å². The van der Waals surface area contributed by atoms with Gasteiger partial charge < -0.3 is 5.32 Å². The largest absolute Gasteiger partial charge is 0.369 e. The van der Waals surface area contributed by atoms with E-state index in [-0.39, 0.29) is 5.69 Å². The molecule has 0 aliphatic carbocycles. The van der Waals surface area contributed by atoms with Crippen LogP contribution in [0.15, 0.2) is 24.4 Å².